The maximum absolute atomic E-state index is 7.10. The second kappa shape index (κ2) is 10.3. The van der Waals surface area contributed by atoms with Gasteiger partial charge in [-0.1, -0.05) is 158 Å². The number of benzene rings is 6. The average molecular weight is 552 g/mol. The third-order valence-corrected chi connectivity index (χ3v) is 8.53. The van der Waals surface area contributed by atoms with Crippen LogP contribution < -0.4 is 4.74 Å². The molecule has 2 nitrogen and oxygen atoms in total. The van der Waals surface area contributed by atoms with Crippen molar-refractivity contribution in [2.24, 2.45) is 0 Å². The summed E-state index contributed by atoms with van der Waals surface area (Å²) in [6, 6.07) is 62.4. The Kier molecular flexibility index (Phi) is 6.05. The highest BCUT2D eigenvalue weighted by atomic mass is 16.5. The highest BCUT2D eigenvalue weighted by Gasteiger charge is 2.50. The smallest absolute Gasteiger partial charge is 0.158 e. The largest absolute Gasteiger partial charge is 0.454 e. The Balaban J connectivity index is 1.65. The number of para-hydroxylation sites is 2. The molecule has 0 saturated heterocycles. The molecule has 1 aliphatic rings. The molecule has 7 aromatic rings. The Morgan fingerprint density at radius 2 is 0.860 bits per heavy atom. The van der Waals surface area contributed by atoms with Gasteiger partial charge in [-0.25, -0.2) is 0 Å². The molecule has 8 rings (SSSR count). The fraction of sp³-hybridized carbons (Fsp3) is 0.0244. The normalized spacial score (nSPS) is 13.0. The first-order valence-electron chi connectivity index (χ1n) is 14.7. The van der Waals surface area contributed by atoms with Gasteiger partial charge in [0.05, 0.1) is 16.8 Å². The van der Waals surface area contributed by atoms with Gasteiger partial charge in [-0.3, -0.25) is 0 Å². The molecule has 6 aromatic carbocycles. The molecule has 43 heavy (non-hydrogen) atoms. The molecule has 1 aromatic heterocycles. The highest BCUT2D eigenvalue weighted by Crippen LogP contribution is 2.61. The fourth-order valence-corrected chi connectivity index (χ4v) is 6.81. The molecule has 1 aliphatic heterocycles. The van der Waals surface area contributed by atoms with E-state index in [4.69, 9.17) is 4.74 Å². The van der Waals surface area contributed by atoms with Crippen molar-refractivity contribution in [3.8, 4) is 39.7 Å². The molecule has 0 N–H and O–H groups in total. The molecule has 0 fully saturated rings. The van der Waals surface area contributed by atoms with Crippen molar-refractivity contribution in [1.29, 1.82) is 0 Å². The van der Waals surface area contributed by atoms with Crippen molar-refractivity contribution in [3.05, 3.63) is 198 Å². The van der Waals surface area contributed by atoms with Crippen molar-refractivity contribution >= 4 is 0 Å². The van der Waals surface area contributed by atoms with Gasteiger partial charge in [0.25, 0.3) is 0 Å². The van der Waals surface area contributed by atoms with Crippen LogP contribution >= 0.6 is 0 Å². The molecular formula is C41H29NO. The second-order valence-corrected chi connectivity index (χ2v) is 10.9. The number of nitrogens with zero attached hydrogens (tertiary/aromatic N) is 1. The van der Waals surface area contributed by atoms with Crippen LogP contribution in [0.2, 0.25) is 0 Å². The predicted octanol–water partition coefficient (Wildman–Crippen LogP) is 10.3. The molecule has 0 unspecified atom stereocenters. The molecule has 2 heterocycles. The summed E-state index contributed by atoms with van der Waals surface area (Å²) < 4.78 is 9.51. The summed E-state index contributed by atoms with van der Waals surface area (Å²) in [7, 11) is 0. The molecule has 2 heteroatoms. The topological polar surface area (TPSA) is 14.2 Å². The molecule has 0 spiro atoms. The van der Waals surface area contributed by atoms with Crippen LogP contribution in [0.5, 0.6) is 11.5 Å². The maximum atomic E-state index is 7.10. The first kappa shape index (κ1) is 25.1. The van der Waals surface area contributed by atoms with Gasteiger partial charge in [0.1, 0.15) is 5.75 Å². The fourth-order valence-electron chi connectivity index (χ4n) is 6.81. The van der Waals surface area contributed by atoms with Gasteiger partial charge in [0.2, 0.25) is 0 Å². The lowest BCUT2D eigenvalue weighted by molar-refractivity contribution is 0.439. The van der Waals surface area contributed by atoms with Crippen molar-refractivity contribution in [2.75, 3.05) is 0 Å². The third kappa shape index (κ3) is 3.88. The number of aromatic nitrogens is 1. The highest BCUT2D eigenvalue weighted by molar-refractivity contribution is 5.89. The van der Waals surface area contributed by atoms with E-state index in [9.17, 15) is 0 Å². The van der Waals surface area contributed by atoms with Gasteiger partial charge in [0.15, 0.2) is 5.75 Å². The molecule has 204 valence electrons. The summed E-state index contributed by atoms with van der Waals surface area (Å²) in [5.41, 5.74) is 9.45. The first-order chi connectivity index (χ1) is 21.4. The van der Waals surface area contributed by atoms with Crippen LogP contribution in [-0.2, 0) is 5.41 Å². The van der Waals surface area contributed by atoms with Crippen LogP contribution in [0.1, 0.15) is 22.3 Å². The molecule has 0 radical (unpaired) electrons. The Bertz CT molecular complexity index is 1970. The Morgan fingerprint density at radius 3 is 1.42 bits per heavy atom. The quantitative estimate of drug-likeness (QED) is 0.208. The van der Waals surface area contributed by atoms with Crippen molar-refractivity contribution < 1.29 is 4.74 Å². The van der Waals surface area contributed by atoms with Gasteiger partial charge in [-0.05, 0) is 34.9 Å². The summed E-state index contributed by atoms with van der Waals surface area (Å²) in [6.45, 7) is 0. The third-order valence-electron chi connectivity index (χ3n) is 8.53. The summed E-state index contributed by atoms with van der Waals surface area (Å²) in [5, 5.41) is 0. The van der Waals surface area contributed by atoms with Gasteiger partial charge >= 0.3 is 0 Å². The van der Waals surface area contributed by atoms with Crippen LogP contribution in [0, 0.1) is 0 Å². The van der Waals surface area contributed by atoms with E-state index >= 15 is 0 Å². The zero-order valence-corrected chi connectivity index (χ0v) is 23.6. The van der Waals surface area contributed by atoms with Crippen molar-refractivity contribution in [3.63, 3.8) is 0 Å². The zero-order chi connectivity index (χ0) is 28.6. The van der Waals surface area contributed by atoms with Crippen LogP contribution in [0.25, 0.3) is 28.2 Å². The van der Waals surface area contributed by atoms with Crippen molar-refractivity contribution in [2.45, 2.75) is 5.41 Å². The van der Waals surface area contributed by atoms with E-state index < -0.39 is 5.41 Å². The summed E-state index contributed by atoms with van der Waals surface area (Å²) in [4.78, 5) is 0. The SMILES string of the molecule is c1ccc(-c2c3c(c(-c4ccccc4)n2-c2ccccc2)C(c2ccccc2)(c2ccccc2)c2ccccc2O3)cc1. The zero-order valence-electron chi connectivity index (χ0n) is 23.6. The van der Waals surface area contributed by atoms with E-state index in [1.54, 1.807) is 0 Å². The maximum Gasteiger partial charge on any atom is 0.158 e. The second-order valence-electron chi connectivity index (χ2n) is 10.9. The Labute approximate surface area is 252 Å². The van der Waals surface area contributed by atoms with E-state index in [1.807, 2.05) is 0 Å². The minimum absolute atomic E-state index is 0.651. The molecule has 0 atom stereocenters. The van der Waals surface area contributed by atoms with Gasteiger partial charge in [-0.15, -0.1) is 0 Å². The van der Waals surface area contributed by atoms with Crippen LogP contribution in [-0.4, -0.2) is 4.57 Å². The van der Waals surface area contributed by atoms with Crippen molar-refractivity contribution in [1.82, 2.24) is 4.57 Å². The minimum Gasteiger partial charge on any atom is -0.454 e. The Morgan fingerprint density at radius 1 is 0.419 bits per heavy atom. The summed E-state index contributed by atoms with van der Waals surface area (Å²) >= 11 is 0. The van der Waals surface area contributed by atoms with Crippen LogP contribution in [0.15, 0.2) is 176 Å². The van der Waals surface area contributed by atoms with E-state index in [1.165, 1.54) is 11.1 Å². The molecular weight excluding hydrogens is 522 g/mol. The lowest BCUT2D eigenvalue weighted by Crippen LogP contribution is -2.34. The molecule has 0 aliphatic carbocycles. The monoisotopic (exact) mass is 551 g/mol. The molecule has 0 amide bonds. The number of hydrogen-bond donors (Lipinski definition) is 0. The average Bonchev–Trinajstić information content (AvgIpc) is 3.44. The molecule has 0 saturated carbocycles. The van der Waals surface area contributed by atoms with E-state index in [-0.39, 0.29) is 0 Å². The number of rotatable bonds is 5. The lowest BCUT2D eigenvalue weighted by atomic mass is 9.63. The van der Waals surface area contributed by atoms with Gasteiger partial charge in [-0.2, -0.15) is 0 Å². The van der Waals surface area contributed by atoms with E-state index in [2.05, 4.69) is 180 Å². The van der Waals surface area contributed by atoms with Crippen LogP contribution in [0.3, 0.4) is 0 Å². The predicted molar refractivity (Wildman–Crippen MR) is 175 cm³/mol. The van der Waals surface area contributed by atoms with Gasteiger partial charge in [0, 0.05) is 22.4 Å². The standard InChI is InChI=1S/C41H29NO/c1-6-18-30(19-7-1)38-37-40(39(31-20-8-2-9-21-31)42(38)34-26-14-5-15-27-34)43-36-29-17-16-28-35(36)41(37,32-22-10-3-11-23-32)33-24-12-4-13-25-33/h1-29H. The van der Waals surface area contributed by atoms with Gasteiger partial charge < -0.3 is 9.30 Å². The Hall–Kier alpha value is -5.60. The summed E-state index contributed by atoms with van der Waals surface area (Å²) in [6.07, 6.45) is 0. The number of ether oxygens (including phenoxy) is 1. The lowest BCUT2D eigenvalue weighted by Gasteiger charge is -2.41. The van der Waals surface area contributed by atoms with E-state index in [0.717, 1.165) is 50.8 Å². The summed E-state index contributed by atoms with van der Waals surface area (Å²) in [5.74, 6) is 1.74. The number of fused-ring (bicyclic) bond motifs is 2. The number of hydrogen-bond acceptors (Lipinski definition) is 1. The van der Waals surface area contributed by atoms with E-state index in [0.29, 0.717) is 0 Å². The molecule has 0 bridgehead atoms. The van der Waals surface area contributed by atoms with Crippen LogP contribution in [0.4, 0.5) is 0 Å². The minimum atomic E-state index is -0.651. The first-order valence-corrected chi connectivity index (χ1v) is 14.7.